The molecular weight excluding hydrogens is 271 g/mol. The number of aliphatic carboxylic acids is 1. The van der Waals surface area contributed by atoms with Crippen LogP contribution >= 0.6 is 0 Å². The number of unbranched alkanes of at least 4 members (excludes halogenated alkanes) is 1. The van der Waals surface area contributed by atoms with Crippen molar-refractivity contribution in [3.05, 3.63) is 24.3 Å². The van der Waals surface area contributed by atoms with Crippen LogP contribution in [0.2, 0.25) is 0 Å². The van der Waals surface area contributed by atoms with Crippen LogP contribution in [-0.4, -0.2) is 52.5 Å². The number of carboxylic acids is 1. The van der Waals surface area contributed by atoms with Crippen molar-refractivity contribution in [2.24, 2.45) is 11.8 Å². The smallest absolute Gasteiger partial charge is 0.303 e. The highest BCUT2D eigenvalue weighted by molar-refractivity contribution is 6.12. The van der Waals surface area contributed by atoms with Gasteiger partial charge in [-0.15, -0.1) is 0 Å². The third-order valence-electron chi connectivity index (χ3n) is 3.86. The van der Waals surface area contributed by atoms with E-state index in [1.165, 1.54) is 0 Å². The van der Waals surface area contributed by atoms with E-state index in [1.54, 1.807) is 20.0 Å². The summed E-state index contributed by atoms with van der Waals surface area (Å²) in [5.41, 5.74) is 0. The summed E-state index contributed by atoms with van der Waals surface area (Å²) in [5, 5.41) is 37.8. The average Bonchev–Trinajstić information content (AvgIpc) is 2.65. The summed E-state index contributed by atoms with van der Waals surface area (Å²) in [4.78, 5) is 10.4. The number of carbonyl (C=O) groups is 1. The molecule has 0 aliphatic heterocycles. The molecule has 6 heteroatoms. The molecule has 0 aromatic rings. The highest BCUT2D eigenvalue weighted by Crippen LogP contribution is 2.36. The third kappa shape index (κ3) is 6.46. The number of rotatable bonds is 8. The van der Waals surface area contributed by atoms with Crippen LogP contribution in [0.15, 0.2) is 24.3 Å². The van der Waals surface area contributed by atoms with Crippen LogP contribution in [0, 0.1) is 11.8 Å². The highest BCUT2D eigenvalue weighted by atomic mass is 16.4. The van der Waals surface area contributed by atoms with Crippen molar-refractivity contribution in [3.63, 3.8) is 0 Å². The van der Waals surface area contributed by atoms with E-state index >= 15 is 0 Å². The van der Waals surface area contributed by atoms with E-state index in [0.29, 0.717) is 25.7 Å². The summed E-state index contributed by atoms with van der Waals surface area (Å²) in [5.74, 6) is -1.01. The molecule has 0 amide bonds. The second-order valence-corrected chi connectivity index (χ2v) is 5.73. The van der Waals surface area contributed by atoms with E-state index < -0.39 is 24.2 Å². The van der Waals surface area contributed by atoms with E-state index in [0.717, 1.165) is 0 Å². The lowest BCUT2D eigenvalue weighted by Crippen LogP contribution is -2.20. The summed E-state index contributed by atoms with van der Waals surface area (Å²) in [6.07, 6.45) is 8.62. The molecule has 1 aliphatic carbocycles. The zero-order chi connectivity index (χ0) is 15.8. The van der Waals surface area contributed by atoms with Crippen molar-refractivity contribution >= 4 is 13.8 Å². The number of hydrogen-bond acceptors (Lipinski definition) is 4. The van der Waals surface area contributed by atoms with Gasteiger partial charge in [0.05, 0.1) is 12.2 Å². The predicted molar refractivity (Wildman–Crippen MR) is 82.5 cm³/mol. The van der Waals surface area contributed by atoms with Gasteiger partial charge in [-0.05, 0) is 25.2 Å². The van der Waals surface area contributed by atoms with Crippen molar-refractivity contribution in [1.29, 1.82) is 0 Å². The normalized spacial score (nSPS) is 31.2. The molecule has 0 radical (unpaired) electrons. The summed E-state index contributed by atoms with van der Waals surface area (Å²) in [6, 6.07) is -0.567. The number of aliphatic hydroxyl groups is 3. The van der Waals surface area contributed by atoms with Crippen LogP contribution in [0.3, 0.4) is 0 Å². The SMILES string of the molecule is BC(O)/C=C/[C@@H]1[C@@H](C/C=C\CCCC(=O)O)[C@@H](O)C[C@H]1O. The lowest BCUT2D eigenvalue weighted by Gasteiger charge is -2.19. The molecule has 1 rings (SSSR count). The van der Waals surface area contributed by atoms with Crippen LogP contribution < -0.4 is 0 Å². The van der Waals surface area contributed by atoms with Crippen LogP contribution in [0.5, 0.6) is 0 Å². The van der Waals surface area contributed by atoms with Gasteiger partial charge in [0, 0.05) is 24.8 Å². The monoisotopic (exact) mass is 296 g/mol. The van der Waals surface area contributed by atoms with Gasteiger partial charge in [-0.1, -0.05) is 24.3 Å². The lowest BCUT2D eigenvalue weighted by atomic mass is 9.88. The quantitative estimate of drug-likeness (QED) is 0.288. The van der Waals surface area contributed by atoms with Crippen LogP contribution in [0.4, 0.5) is 0 Å². The van der Waals surface area contributed by atoms with Gasteiger partial charge in [0.15, 0.2) is 0 Å². The minimum atomic E-state index is -0.791. The Kier molecular flexibility index (Phi) is 7.71. The molecule has 0 saturated heterocycles. The molecule has 1 unspecified atom stereocenters. The molecule has 5 nitrogen and oxygen atoms in total. The van der Waals surface area contributed by atoms with Gasteiger partial charge in [0.1, 0.15) is 7.85 Å². The van der Waals surface area contributed by atoms with Crippen molar-refractivity contribution < 1.29 is 25.2 Å². The first-order valence-electron chi connectivity index (χ1n) is 7.51. The van der Waals surface area contributed by atoms with E-state index in [2.05, 4.69) is 0 Å². The van der Waals surface area contributed by atoms with E-state index in [9.17, 15) is 20.1 Å². The number of aliphatic hydroxyl groups excluding tert-OH is 3. The van der Waals surface area contributed by atoms with Gasteiger partial charge >= 0.3 is 5.97 Å². The van der Waals surface area contributed by atoms with Gasteiger partial charge in [0.2, 0.25) is 0 Å². The molecule has 118 valence electrons. The fourth-order valence-electron chi connectivity index (χ4n) is 2.74. The Morgan fingerprint density at radius 2 is 2.00 bits per heavy atom. The number of carboxylic acid groups (broad SMARTS) is 1. The second-order valence-electron chi connectivity index (χ2n) is 5.73. The maximum atomic E-state index is 10.4. The van der Waals surface area contributed by atoms with Gasteiger partial charge in [-0.2, -0.15) is 0 Å². The fourth-order valence-corrected chi connectivity index (χ4v) is 2.74. The molecular formula is C15H25BO5. The topological polar surface area (TPSA) is 98.0 Å². The van der Waals surface area contributed by atoms with Gasteiger partial charge in [0.25, 0.3) is 0 Å². The number of hydrogen-bond donors (Lipinski definition) is 4. The van der Waals surface area contributed by atoms with E-state index in [-0.39, 0.29) is 18.3 Å². The third-order valence-corrected chi connectivity index (χ3v) is 3.86. The standard InChI is InChI=1S/C15H25BO5/c16-14(19)8-7-11-10(12(17)9-13(11)18)5-3-1-2-4-6-15(20)21/h1,3,7-8,10-14,17-19H,2,4-6,9,16H2,(H,20,21)/b3-1-,8-7+/t10-,11-,12+,13-,14?/m1/s1. The molecule has 0 bridgehead atoms. The maximum absolute atomic E-state index is 10.4. The molecule has 0 heterocycles. The largest absolute Gasteiger partial charge is 0.481 e. The second kappa shape index (κ2) is 9.02. The molecule has 1 aliphatic rings. The molecule has 21 heavy (non-hydrogen) atoms. The molecule has 0 aromatic carbocycles. The highest BCUT2D eigenvalue weighted by Gasteiger charge is 2.39. The minimum absolute atomic E-state index is 0.0641. The van der Waals surface area contributed by atoms with Crippen molar-refractivity contribution in [1.82, 2.24) is 0 Å². The summed E-state index contributed by atoms with van der Waals surface area (Å²) in [7, 11) is 1.64. The molecule has 5 atom stereocenters. The molecule has 1 fully saturated rings. The van der Waals surface area contributed by atoms with Gasteiger partial charge in [-0.25, -0.2) is 0 Å². The van der Waals surface area contributed by atoms with Crippen LogP contribution in [-0.2, 0) is 4.79 Å². The minimum Gasteiger partial charge on any atom is -0.481 e. The summed E-state index contributed by atoms with van der Waals surface area (Å²) in [6.45, 7) is 0. The Morgan fingerprint density at radius 1 is 1.29 bits per heavy atom. The first-order valence-corrected chi connectivity index (χ1v) is 7.51. The maximum Gasteiger partial charge on any atom is 0.303 e. The zero-order valence-electron chi connectivity index (χ0n) is 12.4. The first-order chi connectivity index (χ1) is 9.91. The summed E-state index contributed by atoms with van der Waals surface area (Å²) >= 11 is 0. The molecule has 0 aromatic heterocycles. The molecule has 1 saturated carbocycles. The Bertz CT molecular complexity index is 380. The predicted octanol–water partition coefficient (Wildman–Crippen LogP) is 0.0532. The Labute approximate surface area is 126 Å². The van der Waals surface area contributed by atoms with Crippen molar-refractivity contribution in [2.75, 3.05) is 0 Å². The van der Waals surface area contributed by atoms with Gasteiger partial charge < -0.3 is 20.4 Å². The van der Waals surface area contributed by atoms with Crippen molar-refractivity contribution in [2.45, 2.75) is 50.3 Å². The Balaban J connectivity index is 2.46. The Hall–Kier alpha value is -1.11. The molecule has 0 spiro atoms. The first kappa shape index (κ1) is 17.9. The Morgan fingerprint density at radius 3 is 2.62 bits per heavy atom. The summed E-state index contributed by atoms with van der Waals surface area (Å²) < 4.78 is 0. The fraction of sp³-hybridized carbons (Fsp3) is 0.667. The van der Waals surface area contributed by atoms with E-state index in [1.807, 2.05) is 12.2 Å². The van der Waals surface area contributed by atoms with Crippen molar-refractivity contribution in [3.8, 4) is 0 Å². The average molecular weight is 296 g/mol. The lowest BCUT2D eigenvalue weighted by molar-refractivity contribution is -0.137. The van der Waals surface area contributed by atoms with Crippen LogP contribution in [0.1, 0.15) is 32.1 Å². The number of allylic oxidation sites excluding steroid dienone is 2. The van der Waals surface area contributed by atoms with E-state index in [4.69, 9.17) is 5.11 Å². The van der Waals surface area contributed by atoms with Crippen LogP contribution in [0.25, 0.3) is 0 Å². The zero-order valence-corrected chi connectivity index (χ0v) is 12.4. The molecule has 4 N–H and O–H groups in total. The van der Waals surface area contributed by atoms with Gasteiger partial charge in [-0.3, -0.25) is 4.79 Å².